The van der Waals surface area contributed by atoms with E-state index in [2.05, 4.69) is 46.4 Å². The lowest BCUT2D eigenvalue weighted by molar-refractivity contribution is 0.0938. The molecule has 0 atom stereocenters. The second-order valence-electron chi connectivity index (χ2n) is 8.09. The van der Waals surface area contributed by atoms with Crippen LogP contribution in [0.1, 0.15) is 67.2 Å². The Bertz CT molecular complexity index is 1000. The Kier molecular flexibility index (Phi) is 5.22. The number of carbonyl (C=O) groups excluding carboxylic acids is 1. The zero-order chi connectivity index (χ0) is 20.4. The first-order chi connectivity index (χ1) is 14.0. The molecule has 0 radical (unpaired) electrons. The summed E-state index contributed by atoms with van der Waals surface area (Å²) >= 11 is 0. The van der Waals surface area contributed by atoms with Crippen molar-refractivity contribution in [1.29, 1.82) is 0 Å². The molecule has 0 aliphatic heterocycles. The van der Waals surface area contributed by atoms with Gasteiger partial charge in [-0.3, -0.25) is 4.79 Å². The number of hydrogen-bond donors (Lipinski definition) is 1. The quantitative estimate of drug-likeness (QED) is 0.693. The number of carbonyl (C=O) groups is 1. The van der Waals surface area contributed by atoms with E-state index in [-0.39, 0.29) is 17.2 Å². The molecular weight excluding hydrogens is 366 g/mol. The van der Waals surface area contributed by atoms with E-state index in [1.807, 2.05) is 18.2 Å². The van der Waals surface area contributed by atoms with Gasteiger partial charge in [-0.15, -0.1) is 0 Å². The molecule has 29 heavy (non-hydrogen) atoms. The number of fused-ring (bicyclic) bond motifs is 1. The van der Waals surface area contributed by atoms with Crippen LogP contribution in [0.25, 0.3) is 5.78 Å². The molecule has 1 aliphatic rings. The van der Waals surface area contributed by atoms with Crippen LogP contribution >= 0.6 is 0 Å². The van der Waals surface area contributed by atoms with E-state index in [1.54, 1.807) is 11.6 Å². The molecule has 7 heteroatoms. The molecule has 2 aromatic heterocycles. The standard InChI is InChI=1S/C22H27N5O2/c1-15(2)19-12-18(26-21-24-14-25-27(19)21)20(28)23-13-22(10-4-5-11-22)16-6-8-17(29-3)9-7-16/h6-9,12,14-15H,4-5,10-11,13H2,1-3H3,(H,23,28). The number of methoxy groups -OCH3 is 1. The maximum absolute atomic E-state index is 13.0. The van der Waals surface area contributed by atoms with Crippen molar-refractivity contribution in [3.8, 4) is 5.75 Å². The van der Waals surface area contributed by atoms with E-state index in [1.165, 1.54) is 24.7 Å². The minimum atomic E-state index is -0.169. The van der Waals surface area contributed by atoms with Gasteiger partial charge in [-0.2, -0.15) is 10.1 Å². The molecule has 152 valence electrons. The predicted molar refractivity (Wildman–Crippen MR) is 110 cm³/mol. The molecule has 4 rings (SSSR count). The van der Waals surface area contributed by atoms with Crippen molar-refractivity contribution >= 4 is 11.7 Å². The zero-order valence-corrected chi connectivity index (χ0v) is 17.2. The number of rotatable bonds is 6. The predicted octanol–water partition coefficient (Wildman–Crippen LogP) is 3.50. The Labute approximate surface area is 170 Å². The SMILES string of the molecule is COc1ccc(C2(CNC(=O)c3cc(C(C)C)n4ncnc4n3)CCCC2)cc1. The van der Waals surface area contributed by atoms with Gasteiger partial charge in [0.2, 0.25) is 0 Å². The molecule has 0 spiro atoms. The highest BCUT2D eigenvalue weighted by atomic mass is 16.5. The highest BCUT2D eigenvalue weighted by Crippen LogP contribution is 2.41. The van der Waals surface area contributed by atoms with Crippen LogP contribution in [-0.2, 0) is 5.41 Å². The number of nitrogens with zero attached hydrogens (tertiary/aromatic N) is 4. The molecule has 1 fully saturated rings. The lowest BCUT2D eigenvalue weighted by atomic mass is 9.78. The third-order valence-corrected chi connectivity index (χ3v) is 5.95. The van der Waals surface area contributed by atoms with Gasteiger partial charge in [-0.25, -0.2) is 9.50 Å². The topological polar surface area (TPSA) is 81.4 Å². The third kappa shape index (κ3) is 3.69. The molecule has 1 aliphatic carbocycles. The number of nitrogens with one attached hydrogen (secondary N) is 1. The highest BCUT2D eigenvalue weighted by Gasteiger charge is 2.36. The first-order valence-electron chi connectivity index (χ1n) is 10.2. The van der Waals surface area contributed by atoms with Crippen LogP contribution in [0.4, 0.5) is 0 Å². The Hall–Kier alpha value is -2.96. The van der Waals surface area contributed by atoms with Gasteiger partial charge >= 0.3 is 0 Å². The summed E-state index contributed by atoms with van der Waals surface area (Å²) < 4.78 is 6.98. The Morgan fingerprint density at radius 2 is 1.97 bits per heavy atom. The van der Waals surface area contributed by atoms with E-state index < -0.39 is 0 Å². The van der Waals surface area contributed by atoms with Crippen LogP contribution in [0.3, 0.4) is 0 Å². The van der Waals surface area contributed by atoms with Crippen LogP contribution in [0.2, 0.25) is 0 Å². The van der Waals surface area contributed by atoms with Crippen molar-refractivity contribution in [3.63, 3.8) is 0 Å². The summed E-state index contributed by atoms with van der Waals surface area (Å²) in [6, 6.07) is 10.0. The van der Waals surface area contributed by atoms with Gasteiger partial charge in [0.1, 0.15) is 17.8 Å². The molecule has 1 N–H and O–H groups in total. The lowest BCUT2D eigenvalue weighted by Gasteiger charge is -2.30. The number of aromatic nitrogens is 4. The molecule has 7 nitrogen and oxygen atoms in total. The molecule has 1 amide bonds. The number of benzene rings is 1. The Balaban J connectivity index is 1.56. The minimum Gasteiger partial charge on any atom is -0.497 e. The summed E-state index contributed by atoms with van der Waals surface area (Å²) in [6.07, 6.45) is 5.93. The van der Waals surface area contributed by atoms with Crippen molar-refractivity contribution in [2.45, 2.75) is 50.9 Å². The fourth-order valence-corrected chi connectivity index (χ4v) is 4.27. The minimum absolute atomic E-state index is 0.0399. The molecule has 0 saturated heterocycles. The van der Waals surface area contributed by atoms with Gasteiger partial charge in [0, 0.05) is 12.0 Å². The van der Waals surface area contributed by atoms with Gasteiger partial charge in [-0.1, -0.05) is 38.8 Å². The first-order valence-corrected chi connectivity index (χ1v) is 10.2. The molecule has 1 aromatic carbocycles. The van der Waals surface area contributed by atoms with E-state index in [0.29, 0.717) is 18.0 Å². The first kappa shape index (κ1) is 19.4. The summed E-state index contributed by atoms with van der Waals surface area (Å²) in [5, 5.41) is 7.36. The third-order valence-electron chi connectivity index (χ3n) is 5.95. The highest BCUT2D eigenvalue weighted by molar-refractivity contribution is 5.92. The number of hydrogen-bond acceptors (Lipinski definition) is 5. The Morgan fingerprint density at radius 1 is 1.24 bits per heavy atom. The van der Waals surface area contributed by atoms with Crippen molar-refractivity contribution in [2.75, 3.05) is 13.7 Å². The van der Waals surface area contributed by atoms with Crippen LogP contribution < -0.4 is 10.1 Å². The second-order valence-corrected chi connectivity index (χ2v) is 8.09. The maximum Gasteiger partial charge on any atom is 0.270 e. The van der Waals surface area contributed by atoms with Gasteiger partial charge in [0.05, 0.1) is 12.8 Å². The number of ether oxygens (including phenoxy) is 1. The average Bonchev–Trinajstić information content (AvgIpc) is 3.41. The van der Waals surface area contributed by atoms with E-state index >= 15 is 0 Å². The summed E-state index contributed by atoms with van der Waals surface area (Å²) in [5.74, 6) is 1.33. The van der Waals surface area contributed by atoms with E-state index in [0.717, 1.165) is 24.3 Å². The van der Waals surface area contributed by atoms with E-state index in [4.69, 9.17) is 4.74 Å². The molecule has 1 saturated carbocycles. The number of amides is 1. The lowest BCUT2D eigenvalue weighted by Crippen LogP contribution is -2.39. The van der Waals surface area contributed by atoms with Crippen LogP contribution in [0.15, 0.2) is 36.7 Å². The molecule has 0 bridgehead atoms. The van der Waals surface area contributed by atoms with Crippen molar-refractivity contribution < 1.29 is 9.53 Å². The average molecular weight is 393 g/mol. The normalized spacial score (nSPS) is 15.7. The molecular formula is C22H27N5O2. The van der Waals surface area contributed by atoms with Gasteiger partial charge in [-0.05, 0) is 42.5 Å². The van der Waals surface area contributed by atoms with Crippen LogP contribution in [-0.4, -0.2) is 39.1 Å². The van der Waals surface area contributed by atoms with Gasteiger partial charge in [0.15, 0.2) is 0 Å². The van der Waals surface area contributed by atoms with E-state index in [9.17, 15) is 4.79 Å². The summed E-state index contributed by atoms with van der Waals surface area (Å²) in [4.78, 5) is 21.5. The monoisotopic (exact) mass is 393 g/mol. The summed E-state index contributed by atoms with van der Waals surface area (Å²) in [6.45, 7) is 4.72. The van der Waals surface area contributed by atoms with Crippen molar-refractivity contribution in [3.05, 3.63) is 53.6 Å². The fourth-order valence-electron chi connectivity index (χ4n) is 4.27. The summed E-state index contributed by atoms with van der Waals surface area (Å²) in [7, 11) is 1.67. The fraction of sp³-hybridized carbons (Fsp3) is 0.455. The summed E-state index contributed by atoms with van der Waals surface area (Å²) in [5.41, 5.74) is 2.52. The molecule has 2 heterocycles. The maximum atomic E-state index is 13.0. The van der Waals surface area contributed by atoms with Gasteiger partial charge < -0.3 is 10.1 Å². The van der Waals surface area contributed by atoms with Crippen molar-refractivity contribution in [1.82, 2.24) is 24.9 Å². The Morgan fingerprint density at radius 3 is 2.62 bits per heavy atom. The van der Waals surface area contributed by atoms with Crippen LogP contribution in [0, 0.1) is 0 Å². The van der Waals surface area contributed by atoms with Gasteiger partial charge in [0.25, 0.3) is 11.7 Å². The van der Waals surface area contributed by atoms with Crippen LogP contribution in [0.5, 0.6) is 5.75 Å². The largest absolute Gasteiger partial charge is 0.497 e. The molecule has 3 aromatic rings. The zero-order valence-electron chi connectivity index (χ0n) is 17.2. The molecule has 0 unspecified atom stereocenters. The second kappa shape index (κ2) is 7.81. The smallest absolute Gasteiger partial charge is 0.270 e. The van der Waals surface area contributed by atoms with Crippen molar-refractivity contribution in [2.24, 2.45) is 0 Å².